The van der Waals surface area contributed by atoms with Crippen molar-refractivity contribution in [1.82, 2.24) is 5.32 Å². The first-order chi connectivity index (χ1) is 15.5. The number of amides is 1. The molecule has 0 aromatic heterocycles. The van der Waals surface area contributed by atoms with Crippen LogP contribution in [-0.4, -0.2) is 44.6 Å². The van der Waals surface area contributed by atoms with Gasteiger partial charge in [0.1, 0.15) is 12.4 Å². The van der Waals surface area contributed by atoms with Crippen molar-refractivity contribution < 1.29 is 28.5 Å². The molecule has 0 bridgehead atoms. The smallest absolute Gasteiger partial charge is 0.331 e. The molecular weight excluding hydrogens is 434 g/mol. The molecule has 0 aliphatic carbocycles. The van der Waals surface area contributed by atoms with E-state index in [0.717, 1.165) is 29.0 Å². The number of hydrogen-bond donors (Lipinski definition) is 1. The minimum absolute atomic E-state index is 0.186. The van der Waals surface area contributed by atoms with E-state index < -0.39 is 11.9 Å². The minimum atomic E-state index is -0.617. The van der Waals surface area contributed by atoms with Gasteiger partial charge in [-0.2, -0.15) is 5.10 Å². The summed E-state index contributed by atoms with van der Waals surface area (Å²) >= 11 is 1.00. The lowest BCUT2D eigenvalue weighted by atomic mass is 10.1. The van der Waals surface area contributed by atoms with Crippen molar-refractivity contribution in [1.29, 1.82) is 0 Å². The molecule has 32 heavy (non-hydrogen) atoms. The molecule has 0 spiro atoms. The number of carbonyl (C=O) groups excluding carboxylic acids is 2. The van der Waals surface area contributed by atoms with Crippen LogP contribution in [0.3, 0.4) is 0 Å². The van der Waals surface area contributed by atoms with Gasteiger partial charge in [0, 0.05) is 11.6 Å². The molecule has 1 saturated heterocycles. The lowest BCUT2D eigenvalue weighted by molar-refractivity contribution is -0.135. The number of hydrogen-bond acceptors (Lipinski definition) is 9. The van der Waals surface area contributed by atoms with Gasteiger partial charge in [-0.15, -0.1) is 5.10 Å². The van der Waals surface area contributed by atoms with Gasteiger partial charge in [-0.1, -0.05) is 12.1 Å². The number of rotatable bonds is 8. The summed E-state index contributed by atoms with van der Waals surface area (Å²) in [6.07, 6.45) is 2.64. The number of ether oxygens (including phenoxy) is 4. The van der Waals surface area contributed by atoms with Crippen molar-refractivity contribution in [3.05, 3.63) is 64.6 Å². The monoisotopic (exact) mass is 455 g/mol. The number of carbonyl (C=O) groups is 2. The standard InChI is InChI=1S/C22H21N3O6S/c1-28-16-9-8-14(10-15(16)13-31-18-7-5-4-6-17(18)29-2)12-23-25-22-24-21(27)19(32-22)11-20(26)30-3/h4-12H,13H2,1-3H3,(H,24,25,27)/b19-11+,23-12?. The number of thioether (sulfide) groups is 1. The third-order valence-corrected chi connectivity index (χ3v) is 5.11. The van der Waals surface area contributed by atoms with Gasteiger partial charge in [0.25, 0.3) is 5.91 Å². The summed E-state index contributed by atoms with van der Waals surface area (Å²) in [5.74, 6) is 0.867. The Morgan fingerprint density at radius 3 is 2.53 bits per heavy atom. The fourth-order valence-corrected chi connectivity index (χ4v) is 3.41. The van der Waals surface area contributed by atoms with Gasteiger partial charge < -0.3 is 18.9 Å². The highest BCUT2D eigenvalue weighted by Gasteiger charge is 2.25. The molecule has 0 saturated carbocycles. The van der Waals surface area contributed by atoms with Gasteiger partial charge in [-0.05, 0) is 47.7 Å². The Hall–Kier alpha value is -3.79. The molecule has 0 atom stereocenters. The van der Waals surface area contributed by atoms with Crippen LogP contribution >= 0.6 is 11.8 Å². The molecule has 2 aromatic rings. The van der Waals surface area contributed by atoms with Gasteiger partial charge in [0.05, 0.1) is 32.4 Å². The van der Waals surface area contributed by atoms with Crippen molar-refractivity contribution in [3.63, 3.8) is 0 Å². The second-order valence-corrected chi connectivity index (χ2v) is 7.28. The number of esters is 1. The molecule has 0 unspecified atom stereocenters. The highest BCUT2D eigenvalue weighted by Crippen LogP contribution is 2.28. The zero-order valence-corrected chi connectivity index (χ0v) is 18.5. The van der Waals surface area contributed by atoms with Gasteiger partial charge >= 0.3 is 5.97 Å². The van der Waals surface area contributed by atoms with Crippen molar-refractivity contribution in [2.45, 2.75) is 6.61 Å². The largest absolute Gasteiger partial charge is 0.496 e. The van der Waals surface area contributed by atoms with E-state index in [4.69, 9.17) is 14.2 Å². The van der Waals surface area contributed by atoms with Crippen LogP contribution in [0.5, 0.6) is 17.2 Å². The number of nitrogens with one attached hydrogen (secondary N) is 1. The molecule has 2 aromatic carbocycles. The van der Waals surface area contributed by atoms with Gasteiger partial charge in [-0.3, -0.25) is 10.1 Å². The second-order valence-electron chi connectivity index (χ2n) is 6.25. The molecule has 1 aliphatic heterocycles. The summed E-state index contributed by atoms with van der Waals surface area (Å²) in [6, 6.07) is 12.9. The van der Waals surface area contributed by atoms with E-state index in [2.05, 4.69) is 20.3 Å². The summed E-state index contributed by atoms with van der Waals surface area (Å²) in [7, 11) is 4.41. The Balaban J connectivity index is 1.70. The fraction of sp³-hybridized carbons (Fsp3) is 0.182. The molecule has 9 nitrogen and oxygen atoms in total. The first kappa shape index (κ1) is 22.9. The van der Waals surface area contributed by atoms with Gasteiger partial charge in [0.2, 0.25) is 0 Å². The number of benzene rings is 2. The van der Waals surface area contributed by atoms with E-state index >= 15 is 0 Å². The van der Waals surface area contributed by atoms with Crippen LogP contribution in [0, 0.1) is 0 Å². The Morgan fingerprint density at radius 2 is 1.81 bits per heavy atom. The molecule has 10 heteroatoms. The highest BCUT2D eigenvalue weighted by molar-refractivity contribution is 8.18. The number of para-hydroxylation sites is 2. The third-order valence-electron chi connectivity index (χ3n) is 4.21. The number of methoxy groups -OCH3 is 3. The van der Waals surface area contributed by atoms with E-state index in [-0.39, 0.29) is 16.7 Å². The van der Waals surface area contributed by atoms with Crippen molar-refractivity contribution in [2.24, 2.45) is 10.2 Å². The van der Waals surface area contributed by atoms with Crippen LogP contribution < -0.4 is 19.5 Å². The molecule has 1 fully saturated rings. The minimum Gasteiger partial charge on any atom is -0.496 e. The predicted molar refractivity (Wildman–Crippen MR) is 121 cm³/mol. The van der Waals surface area contributed by atoms with Gasteiger partial charge in [-0.25, -0.2) is 4.79 Å². The number of amidine groups is 1. The third kappa shape index (κ3) is 5.88. The highest BCUT2D eigenvalue weighted by atomic mass is 32.2. The van der Waals surface area contributed by atoms with Crippen molar-refractivity contribution in [3.8, 4) is 17.2 Å². The molecule has 166 valence electrons. The molecule has 3 rings (SSSR count). The lowest BCUT2D eigenvalue weighted by Gasteiger charge is -2.13. The molecule has 1 heterocycles. The predicted octanol–water partition coefficient (Wildman–Crippen LogP) is 2.89. The topological polar surface area (TPSA) is 108 Å². The summed E-state index contributed by atoms with van der Waals surface area (Å²) in [6.45, 7) is 0.257. The average Bonchev–Trinajstić information content (AvgIpc) is 3.16. The normalized spacial score (nSPS) is 15.8. The first-order valence-corrected chi connectivity index (χ1v) is 10.2. The molecule has 1 aliphatic rings. The van der Waals surface area contributed by atoms with Crippen LogP contribution in [0.25, 0.3) is 0 Å². The summed E-state index contributed by atoms with van der Waals surface area (Å²) < 4.78 is 21.1. The van der Waals surface area contributed by atoms with Crippen LogP contribution in [0.15, 0.2) is 63.6 Å². The number of nitrogens with zero attached hydrogens (tertiary/aromatic N) is 2. The first-order valence-electron chi connectivity index (χ1n) is 9.36. The molecule has 1 N–H and O–H groups in total. The SMILES string of the molecule is COC(=O)/C=C1/S/C(=N\N=Cc2ccc(OC)c(COc3ccccc3OC)c2)NC1=O. The van der Waals surface area contributed by atoms with E-state index in [1.807, 2.05) is 36.4 Å². The van der Waals surface area contributed by atoms with Gasteiger partial charge in [0.15, 0.2) is 16.7 Å². The average molecular weight is 455 g/mol. The van der Waals surface area contributed by atoms with Crippen molar-refractivity contribution >= 4 is 35.0 Å². The molecule has 1 amide bonds. The van der Waals surface area contributed by atoms with Crippen molar-refractivity contribution in [2.75, 3.05) is 21.3 Å². The maximum absolute atomic E-state index is 11.8. The van der Waals surface area contributed by atoms with Crippen LogP contribution in [0.4, 0.5) is 0 Å². The Morgan fingerprint density at radius 1 is 1.06 bits per heavy atom. The van der Waals surface area contributed by atoms with E-state index in [9.17, 15) is 9.59 Å². The maximum Gasteiger partial charge on any atom is 0.331 e. The maximum atomic E-state index is 11.8. The molecular formula is C22H21N3O6S. The summed E-state index contributed by atoms with van der Waals surface area (Å²) in [5.41, 5.74) is 1.57. The summed E-state index contributed by atoms with van der Waals surface area (Å²) in [4.78, 5) is 23.3. The molecule has 0 radical (unpaired) electrons. The zero-order valence-electron chi connectivity index (χ0n) is 17.7. The van der Waals surface area contributed by atoms with Crippen LogP contribution in [-0.2, 0) is 20.9 Å². The lowest BCUT2D eigenvalue weighted by Crippen LogP contribution is -2.19. The van der Waals surface area contributed by atoms with Crippen LogP contribution in [0.1, 0.15) is 11.1 Å². The quantitative estimate of drug-likeness (QED) is 0.282. The van der Waals surface area contributed by atoms with Crippen LogP contribution in [0.2, 0.25) is 0 Å². The Labute approximate surface area is 189 Å². The van der Waals surface area contributed by atoms with E-state index in [1.165, 1.54) is 13.3 Å². The second kappa shape index (κ2) is 11.0. The Bertz CT molecular complexity index is 1100. The Kier molecular flexibility index (Phi) is 7.87. The zero-order chi connectivity index (χ0) is 22.9. The van der Waals surface area contributed by atoms with E-state index in [0.29, 0.717) is 17.2 Å². The summed E-state index contributed by atoms with van der Waals surface area (Å²) in [5, 5.41) is 10.8. The fourth-order valence-electron chi connectivity index (χ4n) is 2.67. The van der Waals surface area contributed by atoms with E-state index in [1.54, 1.807) is 20.3 Å².